The highest BCUT2D eigenvalue weighted by Crippen LogP contribution is 2.22. The number of hydrogen-bond acceptors (Lipinski definition) is 2. The maximum absolute atomic E-state index is 10.1. The second-order valence-electron chi connectivity index (χ2n) is 3.69. The molecule has 2 nitrogen and oxygen atoms in total. The van der Waals surface area contributed by atoms with Crippen LogP contribution in [-0.4, -0.2) is 10.1 Å². The van der Waals surface area contributed by atoms with Crippen molar-refractivity contribution in [2.45, 2.75) is 13.0 Å². The maximum atomic E-state index is 10.1. The van der Waals surface area contributed by atoms with Gasteiger partial charge in [0.15, 0.2) is 0 Å². The zero-order valence-electron chi connectivity index (χ0n) is 8.89. The average Bonchev–Trinajstić information content (AvgIpc) is 2.30. The van der Waals surface area contributed by atoms with Gasteiger partial charge in [-0.3, -0.25) is 4.98 Å². The van der Waals surface area contributed by atoms with E-state index in [4.69, 9.17) is 0 Å². The van der Waals surface area contributed by atoms with Crippen LogP contribution >= 0.6 is 15.9 Å². The highest BCUT2D eigenvalue weighted by molar-refractivity contribution is 9.10. The molecule has 0 amide bonds. The highest BCUT2D eigenvalue weighted by atomic mass is 79.9. The summed E-state index contributed by atoms with van der Waals surface area (Å²) in [7, 11) is 0. The van der Waals surface area contributed by atoms with Gasteiger partial charge in [-0.05, 0) is 30.7 Å². The number of hydrogen-bond donors (Lipinski definition) is 1. The summed E-state index contributed by atoms with van der Waals surface area (Å²) in [6, 6.07) is 11.4. The summed E-state index contributed by atoms with van der Waals surface area (Å²) in [4.78, 5) is 4.17. The van der Waals surface area contributed by atoms with Crippen LogP contribution in [0.3, 0.4) is 0 Å². The Hall–Kier alpha value is -1.19. The maximum Gasteiger partial charge on any atom is 0.106 e. The molecule has 0 aliphatic rings. The number of halogens is 1. The molecule has 1 aromatic carbocycles. The van der Waals surface area contributed by atoms with E-state index in [1.165, 1.54) is 0 Å². The van der Waals surface area contributed by atoms with Crippen molar-refractivity contribution in [1.82, 2.24) is 4.98 Å². The van der Waals surface area contributed by atoms with Crippen molar-refractivity contribution in [3.05, 3.63) is 63.9 Å². The first-order valence-electron chi connectivity index (χ1n) is 5.03. The quantitative estimate of drug-likeness (QED) is 0.914. The molecule has 16 heavy (non-hydrogen) atoms. The molecule has 0 bridgehead atoms. The molecular weight excluding hydrogens is 266 g/mol. The van der Waals surface area contributed by atoms with Crippen LogP contribution in [-0.2, 0) is 0 Å². The number of aliphatic hydroxyl groups is 1. The number of rotatable bonds is 2. The first-order valence-corrected chi connectivity index (χ1v) is 5.82. The van der Waals surface area contributed by atoms with Gasteiger partial charge in [-0.15, -0.1) is 0 Å². The third-order valence-electron chi connectivity index (χ3n) is 2.44. The number of nitrogens with zero attached hydrogens (tertiary/aromatic N) is 1. The number of pyridine rings is 1. The van der Waals surface area contributed by atoms with Crippen LogP contribution in [0.1, 0.15) is 22.9 Å². The average molecular weight is 278 g/mol. The fourth-order valence-electron chi connectivity index (χ4n) is 1.48. The molecule has 0 fully saturated rings. The van der Waals surface area contributed by atoms with Crippen LogP contribution in [0.25, 0.3) is 0 Å². The number of aryl methyl sites for hydroxylation is 1. The zero-order valence-corrected chi connectivity index (χ0v) is 10.5. The van der Waals surface area contributed by atoms with Crippen molar-refractivity contribution in [1.29, 1.82) is 0 Å². The minimum atomic E-state index is -0.610. The van der Waals surface area contributed by atoms with E-state index >= 15 is 0 Å². The Morgan fingerprint density at radius 3 is 2.25 bits per heavy atom. The largest absolute Gasteiger partial charge is 0.384 e. The fraction of sp³-hybridized carbons (Fsp3) is 0.154. The third kappa shape index (κ3) is 2.49. The molecule has 1 atom stereocenters. The summed E-state index contributed by atoms with van der Waals surface area (Å²) >= 11 is 3.37. The smallest absolute Gasteiger partial charge is 0.106 e. The molecule has 0 saturated heterocycles. The summed E-state index contributed by atoms with van der Waals surface area (Å²) in [6.07, 6.45) is 1.10. The lowest BCUT2D eigenvalue weighted by Crippen LogP contribution is -2.00. The first-order chi connectivity index (χ1) is 7.66. The van der Waals surface area contributed by atoms with Gasteiger partial charge in [-0.1, -0.05) is 34.1 Å². The van der Waals surface area contributed by atoms with E-state index in [-0.39, 0.29) is 0 Å². The Labute approximate surface area is 103 Å². The molecule has 0 aliphatic heterocycles. The predicted octanol–water partition coefficient (Wildman–Crippen LogP) is 3.23. The van der Waals surface area contributed by atoms with Crippen LogP contribution in [0, 0.1) is 6.92 Å². The molecule has 0 spiro atoms. The SMILES string of the molecule is Cc1ccc(C(O)c2ccc(Br)cc2)cn1. The first kappa shape index (κ1) is 11.3. The van der Waals surface area contributed by atoms with Crippen molar-refractivity contribution in [3.8, 4) is 0 Å². The topological polar surface area (TPSA) is 33.1 Å². The van der Waals surface area contributed by atoms with Gasteiger partial charge in [0.2, 0.25) is 0 Å². The van der Waals surface area contributed by atoms with Crippen LogP contribution in [0.2, 0.25) is 0 Å². The summed E-state index contributed by atoms with van der Waals surface area (Å²) in [6.45, 7) is 1.93. The molecule has 0 saturated carbocycles. The van der Waals surface area contributed by atoms with Crippen LogP contribution in [0.4, 0.5) is 0 Å². The summed E-state index contributed by atoms with van der Waals surface area (Å²) in [5.41, 5.74) is 2.63. The Bertz CT molecular complexity index is 419. The highest BCUT2D eigenvalue weighted by Gasteiger charge is 2.09. The van der Waals surface area contributed by atoms with Gasteiger partial charge in [0.05, 0.1) is 0 Å². The van der Waals surface area contributed by atoms with E-state index < -0.39 is 6.10 Å². The normalized spacial score (nSPS) is 12.4. The Balaban J connectivity index is 2.28. The standard InChI is InChI=1S/C13H12BrNO/c1-9-2-3-11(8-15-9)13(16)10-4-6-12(14)7-5-10/h2-8,13,16H,1H3. The van der Waals surface area contributed by atoms with E-state index in [0.717, 1.165) is 21.3 Å². The van der Waals surface area contributed by atoms with Crippen LogP contribution in [0.5, 0.6) is 0 Å². The number of benzene rings is 1. The van der Waals surface area contributed by atoms with Crippen molar-refractivity contribution in [2.24, 2.45) is 0 Å². The van der Waals surface area contributed by atoms with Gasteiger partial charge in [0.1, 0.15) is 6.10 Å². The van der Waals surface area contributed by atoms with Gasteiger partial charge in [0, 0.05) is 21.9 Å². The van der Waals surface area contributed by atoms with Crippen molar-refractivity contribution < 1.29 is 5.11 Å². The summed E-state index contributed by atoms with van der Waals surface area (Å²) < 4.78 is 1.01. The molecule has 1 aromatic heterocycles. The molecule has 82 valence electrons. The van der Waals surface area contributed by atoms with Gasteiger partial charge < -0.3 is 5.11 Å². The van der Waals surface area contributed by atoms with E-state index in [2.05, 4.69) is 20.9 Å². The minimum absolute atomic E-state index is 0.610. The van der Waals surface area contributed by atoms with E-state index in [9.17, 15) is 5.11 Å². The van der Waals surface area contributed by atoms with Gasteiger partial charge in [-0.25, -0.2) is 0 Å². The molecular formula is C13H12BrNO. The van der Waals surface area contributed by atoms with Crippen molar-refractivity contribution >= 4 is 15.9 Å². The molecule has 2 aromatic rings. The molecule has 3 heteroatoms. The predicted molar refractivity (Wildman–Crippen MR) is 67.2 cm³/mol. The third-order valence-corrected chi connectivity index (χ3v) is 2.96. The fourth-order valence-corrected chi connectivity index (χ4v) is 1.74. The Morgan fingerprint density at radius 1 is 1.06 bits per heavy atom. The number of aliphatic hydroxyl groups excluding tert-OH is 1. The molecule has 0 radical (unpaired) electrons. The molecule has 1 heterocycles. The lowest BCUT2D eigenvalue weighted by atomic mass is 10.0. The molecule has 1 unspecified atom stereocenters. The van der Waals surface area contributed by atoms with E-state index in [1.807, 2.05) is 43.3 Å². The van der Waals surface area contributed by atoms with Gasteiger partial charge in [-0.2, -0.15) is 0 Å². The lowest BCUT2D eigenvalue weighted by molar-refractivity contribution is 0.220. The number of aromatic nitrogens is 1. The molecule has 0 aliphatic carbocycles. The zero-order chi connectivity index (χ0) is 11.5. The van der Waals surface area contributed by atoms with Crippen LogP contribution < -0.4 is 0 Å². The summed E-state index contributed by atoms with van der Waals surface area (Å²) in [5.74, 6) is 0. The van der Waals surface area contributed by atoms with Crippen LogP contribution in [0.15, 0.2) is 47.1 Å². The van der Waals surface area contributed by atoms with Crippen molar-refractivity contribution in [2.75, 3.05) is 0 Å². The monoisotopic (exact) mass is 277 g/mol. The minimum Gasteiger partial charge on any atom is -0.384 e. The molecule has 2 rings (SSSR count). The van der Waals surface area contributed by atoms with Gasteiger partial charge in [0.25, 0.3) is 0 Å². The second kappa shape index (κ2) is 4.76. The van der Waals surface area contributed by atoms with Gasteiger partial charge >= 0.3 is 0 Å². The Morgan fingerprint density at radius 2 is 1.69 bits per heavy atom. The molecule has 1 N–H and O–H groups in total. The lowest BCUT2D eigenvalue weighted by Gasteiger charge is -2.11. The van der Waals surface area contributed by atoms with E-state index in [1.54, 1.807) is 6.20 Å². The van der Waals surface area contributed by atoms with Crippen molar-refractivity contribution in [3.63, 3.8) is 0 Å². The second-order valence-corrected chi connectivity index (χ2v) is 4.60. The van der Waals surface area contributed by atoms with E-state index in [0.29, 0.717) is 0 Å². The Kier molecular flexibility index (Phi) is 3.36. The summed E-state index contributed by atoms with van der Waals surface area (Å²) in [5, 5.41) is 10.1.